The van der Waals surface area contributed by atoms with Gasteiger partial charge in [-0.05, 0) is 93.8 Å². The topological polar surface area (TPSA) is 134 Å². The molecule has 0 aromatic rings. The summed E-state index contributed by atoms with van der Waals surface area (Å²) in [4.78, 5) is 25.4. The predicted molar refractivity (Wildman–Crippen MR) is 188 cm³/mol. The first-order chi connectivity index (χ1) is 22.3. The maximum Gasteiger partial charge on any atom is 0.333 e. The van der Waals surface area contributed by atoms with Gasteiger partial charge in [0.1, 0.15) is 6.61 Å². The molecule has 12 atom stereocenters. The lowest BCUT2D eigenvalue weighted by molar-refractivity contribution is -0.246. The van der Waals surface area contributed by atoms with Crippen molar-refractivity contribution in [1.82, 2.24) is 0 Å². The van der Waals surface area contributed by atoms with Crippen LogP contribution in [0.5, 0.6) is 0 Å². The Morgan fingerprint density at radius 3 is 2.29 bits per heavy atom. The van der Waals surface area contributed by atoms with Crippen molar-refractivity contribution >= 4 is 24.6 Å². The fourth-order valence-electron chi connectivity index (χ4n) is 11.4. The highest BCUT2D eigenvalue weighted by atomic mass is 32.1. The first kappa shape index (κ1) is 37.6. The molecule has 5 rings (SSSR count). The first-order valence-corrected chi connectivity index (χ1v) is 18.5. The number of thiol groups is 1. The number of carbonyl (C=O) groups is 2. The number of rotatable bonds is 8. The number of ether oxygens (including phenoxy) is 2. The van der Waals surface area contributed by atoms with Crippen LogP contribution in [-0.4, -0.2) is 74.7 Å². The molecule has 4 fully saturated rings. The molecule has 5 aliphatic carbocycles. The molecule has 3 unspecified atom stereocenters. The molecule has 270 valence electrons. The van der Waals surface area contributed by atoms with E-state index in [0.29, 0.717) is 31.3 Å². The number of aliphatic hydroxyl groups is 4. The Morgan fingerprint density at radius 1 is 0.958 bits per heavy atom. The van der Waals surface area contributed by atoms with Gasteiger partial charge in [-0.2, -0.15) is 12.6 Å². The van der Waals surface area contributed by atoms with Gasteiger partial charge >= 0.3 is 11.9 Å². The minimum atomic E-state index is -1.30. The lowest BCUT2D eigenvalue weighted by atomic mass is 9.36. The van der Waals surface area contributed by atoms with Crippen LogP contribution in [0, 0.1) is 44.8 Å². The van der Waals surface area contributed by atoms with Crippen LogP contribution in [0.1, 0.15) is 106 Å². The van der Waals surface area contributed by atoms with Crippen LogP contribution in [0.25, 0.3) is 0 Å². The molecule has 0 aliphatic heterocycles. The zero-order valence-corrected chi connectivity index (χ0v) is 31.0. The van der Waals surface area contributed by atoms with Crippen molar-refractivity contribution in [2.45, 2.75) is 135 Å². The average Bonchev–Trinajstić information content (AvgIpc) is 3.03. The third-order valence-corrected chi connectivity index (χ3v) is 15.6. The second-order valence-corrected chi connectivity index (χ2v) is 18.2. The van der Waals surface area contributed by atoms with Crippen molar-refractivity contribution in [3.63, 3.8) is 0 Å². The van der Waals surface area contributed by atoms with Gasteiger partial charge in [0.05, 0.1) is 36.4 Å². The zero-order chi connectivity index (χ0) is 35.7. The van der Waals surface area contributed by atoms with Crippen molar-refractivity contribution in [2.24, 2.45) is 44.8 Å². The molecule has 0 saturated heterocycles. The van der Waals surface area contributed by atoms with Crippen molar-refractivity contribution in [3.05, 3.63) is 36.0 Å². The van der Waals surface area contributed by atoms with Gasteiger partial charge in [-0.25, -0.2) is 4.79 Å². The second kappa shape index (κ2) is 12.8. The summed E-state index contributed by atoms with van der Waals surface area (Å²) in [5.74, 6) is -0.911. The molecule has 4 N–H and O–H groups in total. The molecule has 0 bridgehead atoms. The number of aliphatic hydroxyl groups excluding tert-OH is 4. The van der Waals surface area contributed by atoms with Crippen molar-refractivity contribution < 1.29 is 39.5 Å². The van der Waals surface area contributed by atoms with Gasteiger partial charge in [0.2, 0.25) is 0 Å². The highest BCUT2D eigenvalue weighted by Crippen LogP contribution is 2.74. The van der Waals surface area contributed by atoms with Crippen molar-refractivity contribution in [3.8, 4) is 0 Å². The summed E-state index contributed by atoms with van der Waals surface area (Å²) in [6.45, 7) is 17.7. The largest absolute Gasteiger partial charge is 0.465 e. The number of esters is 2. The molecule has 0 amide bonds. The second-order valence-electron chi connectivity index (χ2n) is 17.4. The van der Waals surface area contributed by atoms with E-state index in [1.54, 1.807) is 19.1 Å². The van der Waals surface area contributed by atoms with Crippen molar-refractivity contribution in [2.75, 3.05) is 13.2 Å². The Balaban J connectivity index is 1.54. The SMILES string of the molecule is C=CCCC(=O)OC[C@@]12C(CC(C)(C)[C@@H](O)[C@@H]1O)C1=CCC3[C@@]4(C)CC[C@H](O)[C@](C)(COC(=O)/C(C)=C/C)C4CC[C@@]3(S)[C@]1(C)C[C@H]2O. The van der Waals surface area contributed by atoms with Crippen molar-refractivity contribution in [1.29, 1.82) is 0 Å². The predicted octanol–water partition coefficient (Wildman–Crippen LogP) is 5.72. The molecule has 8 nitrogen and oxygen atoms in total. The third kappa shape index (κ3) is 5.39. The lowest BCUT2D eigenvalue weighted by Crippen LogP contribution is -2.73. The van der Waals surface area contributed by atoms with E-state index in [2.05, 4.69) is 33.4 Å². The first-order valence-electron chi connectivity index (χ1n) is 18.0. The molecule has 0 aromatic heterocycles. The number of hydrogen-bond acceptors (Lipinski definition) is 9. The third-order valence-electron chi connectivity index (χ3n) is 14.6. The molecule has 4 saturated carbocycles. The molecule has 0 spiro atoms. The van der Waals surface area contributed by atoms with Crippen LogP contribution in [0.3, 0.4) is 0 Å². The summed E-state index contributed by atoms with van der Waals surface area (Å²) in [5, 5.41) is 47.0. The molecule has 48 heavy (non-hydrogen) atoms. The summed E-state index contributed by atoms with van der Waals surface area (Å²) >= 11 is 5.68. The maximum absolute atomic E-state index is 12.7. The standard InChI is InChI=1S/C39H60O8S/c1-9-11-12-30(42)46-22-38-25(19-34(4,5)31(43)32(38)44)24-13-14-27-35(6)17-16-28(40)36(7,21-47-33(45)23(3)10-2)26(35)15-18-39(27,48)37(24,8)20-29(38)41/h9-10,13,25-29,31-32,40-41,43-44,48H,1,11-12,14-22H2,2-8H3/b23-10+/t25?,26?,27?,28-,29+,31-,32-,35-,36+,37+,38-,39-/m0/s1. The van der Waals surface area contributed by atoms with Gasteiger partial charge < -0.3 is 29.9 Å². The Hall–Kier alpha value is -1.65. The number of carbonyl (C=O) groups excluding carboxylic acids is 2. The normalized spacial score (nSPS) is 46.5. The highest BCUT2D eigenvalue weighted by Gasteiger charge is 2.73. The minimum absolute atomic E-state index is 0.0875. The molecular weight excluding hydrogens is 628 g/mol. The number of fused-ring (bicyclic) bond motifs is 7. The Labute approximate surface area is 292 Å². The van der Waals surface area contributed by atoms with Gasteiger partial charge in [0.15, 0.2) is 0 Å². The lowest BCUT2D eigenvalue weighted by Gasteiger charge is -2.72. The highest BCUT2D eigenvalue weighted by molar-refractivity contribution is 7.81. The van der Waals surface area contributed by atoms with Gasteiger partial charge in [-0.15, -0.1) is 6.58 Å². The van der Waals surface area contributed by atoms with Gasteiger partial charge in [-0.1, -0.05) is 58.4 Å². The van der Waals surface area contributed by atoms with E-state index in [4.69, 9.17) is 22.1 Å². The van der Waals surface area contributed by atoms with Crippen LogP contribution in [-0.2, 0) is 19.1 Å². The molecule has 0 aromatic carbocycles. The summed E-state index contributed by atoms with van der Waals surface area (Å²) in [6.07, 6.45) is 6.80. The van der Waals surface area contributed by atoms with Gasteiger partial charge in [0.25, 0.3) is 0 Å². The van der Waals surface area contributed by atoms with E-state index < -0.39 is 56.8 Å². The molecule has 0 heterocycles. The van der Waals surface area contributed by atoms with Gasteiger partial charge in [0, 0.05) is 27.6 Å². The van der Waals surface area contributed by atoms with E-state index in [9.17, 15) is 30.0 Å². The number of hydrogen-bond donors (Lipinski definition) is 5. The Morgan fingerprint density at radius 2 is 1.65 bits per heavy atom. The van der Waals surface area contributed by atoms with E-state index in [-0.39, 0.29) is 48.8 Å². The van der Waals surface area contributed by atoms with E-state index in [1.807, 2.05) is 20.8 Å². The Kier molecular flexibility index (Phi) is 10.1. The maximum atomic E-state index is 12.7. The van der Waals surface area contributed by atoms with E-state index in [1.165, 1.54) is 0 Å². The van der Waals surface area contributed by atoms with Crippen LogP contribution >= 0.6 is 12.6 Å². The summed E-state index contributed by atoms with van der Waals surface area (Å²) in [5.41, 5.74) is -1.61. The van der Waals surface area contributed by atoms with Crippen LogP contribution < -0.4 is 0 Å². The van der Waals surface area contributed by atoms with Crippen LogP contribution in [0.15, 0.2) is 36.0 Å². The van der Waals surface area contributed by atoms with Crippen LogP contribution in [0.4, 0.5) is 0 Å². The monoisotopic (exact) mass is 688 g/mol. The van der Waals surface area contributed by atoms with E-state index in [0.717, 1.165) is 31.3 Å². The Bertz CT molecular complexity index is 1360. The summed E-state index contributed by atoms with van der Waals surface area (Å²) in [7, 11) is 0. The minimum Gasteiger partial charge on any atom is -0.465 e. The summed E-state index contributed by atoms with van der Waals surface area (Å²) < 4.78 is 11.1. The molecule has 9 heteroatoms. The smallest absolute Gasteiger partial charge is 0.333 e. The van der Waals surface area contributed by atoms with Gasteiger partial charge in [-0.3, -0.25) is 4.79 Å². The average molecular weight is 689 g/mol. The fraction of sp³-hybridized carbons (Fsp3) is 0.795. The molecular formula is C39H60O8S. The quantitative estimate of drug-likeness (QED) is 0.0947. The summed E-state index contributed by atoms with van der Waals surface area (Å²) in [6, 6.07) is 0. The zero-order valence-electron chi connectivity index (χ0n) is 30.1. The van der Waals surface area contributed by atoms with E-state index >= 15 is 0 Å². The fourth-order valence-corrected chi connectivity index (χ4v) is 12.1. The van der Waals surface area contributed by atoms with Crippen LogP contribution in [0.2, 0.25) is 0 Å². The molecule has 0 radical (unpaired) electrons. The number of allylic oxidation sites excluding steroid dienone is 4. The molecule has 5 aliphatic rings.